The van der Waals surface area contributed by atoms with E-state index in [1.54, 1.807) is 13.3 Å². The Hall–Kier alpha value is -2.76. The van der Waals surface area contributed by atoms with Gasteiger partial charge in [0.2, 0.25) is 0 Å². The topological polar surface area (TPSA) is 73.9 Å². The minimum absolute atomic E-state index is 0.420. The minimum Gasteiger partial charge on any atom is -0.496 e. The van der Waals surface area contributed by atoms with Crippen LogP contribution in [0.1, 0.15) is 30.3 Å². The molecule has 3 aromatic rings. The number of ether oxygens (including phenoxy) is 1. The molecule has 0 aliphatic heterocycles. The zero-order valence-electron chi connectivity index (χ0n) is 13.0. The maximum Gasteiger partial charge on any atom is 0.251 e. The molecule has 6 heteroatoms. The van der Waals surface area contributed by atoms with Crippen molar-refractivity contribution in [2.45, 2.75) is 25.7 Å². The molecular formula is C17H16N4O2. The summed E-state index contributed by atoms with van der Waals surface area (Å²) in [5.74, 6) is 2.97. The first kappa shape index (κ1) is 13.9. The molecule has 1 aromatic carbocycles. The lowest BCUT2D eigenvalue weighted by atomic mass is 10.2. The van der Waals surface area contributed by atoms with Crippen molar-refractivity contribution in [2.24, 2.45) is 0 Å². The van der Waals surface area contributed by atoms with Gasteiger partial charge in [0.1, 0.15) is 11.6 Å². The third-order valence-corrected chi connectivity index (χ3v) is 3.93. The minimum atomic E-state index is 0.420. The number of aryl methyl sites for hydroxylation is 1. The van der Waals surface area contributed by atoms with Gasteiger partial charge in [0.25, 0.3) is 11.8 Å². The van der Waals surface area contributed by atoms with Crippen molar-refractivity contribution >= 4 is 0 Å². The van der Waals surface area contributed by atoms with Crippen LogP contribution in [0.5, 0.6) is 5.75 Å². The molecule has 0 radical (unpaired) electrons. The maximum absolute atomic E-state index is 5.81. The third-order valence-electron chi connectivity index (χ3n) is 3.93. The van der Waals surface area contributed by atoms with Gasteiger partial charge in [-0.1, -0.05) is 12.1 Å². The average Bonchev–Trinajstić information content (AvgIpc) is 3.32. The van der Waals surface area contributed by atoms with Gasteiger partial charge >= 0.3 is 0 Å². The third kappa shape index (κ3) is 2.56. The molecule has 1 aliphatic rings. The molecule has 0 bridgehead atoms. The van der Waals surface area contributed by atoms with E-state index in [9.17, 15) is 0 Å². The SMILES string of the molecule is COc1ccccc1-c1nnc(-c2cnc(C3CC3)nc2C)o1. The summed E-state index contributed by atoms with van der Waals surface area (Å²) in [4.78, 5) is 8.99. The Labute approximate surface area is 133 Å². The molecule has 23 heavy (non-hydrogen) atoms. The van der Waals surface area contributed by atoms with Gasteiger partial charge in [0.15, 0.2) is 0 Å². The van der Waals surface area contributed by atoms with Crippen LogP contribution in [0, 0.1) is 6.92 Å². The fourth-order valence-electron chi connectivity index (χ4n) is 2.50. The van der Waals surface area contributed by atoms with Gasteiger partial charge in [0, 0.05) is 12.1 Å². The standard InChI is InChI=1S/C17H16N4O2/c1-10-13(9-18-15(19-10)11-7-8-11)17-21-20-16(23-17)12-5-3-4-6-14(12)22-2/h3-6,9,11H,7-8H2,1-2H3. The van der Waals surface area contributed by atoms with Crippen LogP contribution in [0.25, 0.3) is 22.9 Å². The van der Waals surface area contributed by atoms with E-state index in [1.165, 1.54) is 12.8 Å². The van der Waals surface area contributed by atoms with Gasteiger partial charge in [-0.15, -0.1) is 10.2 Å². The second-order valence-corrected chi connectivity index (χ2v) is 5.61. The largest absolute Gasteiger partial charge is 0.496 e. The molecule has 2 aromatic heterocycles. The molecule has 2 heterocycles. The van der Waals surface area contributed by atoms with E-state index < -0.39 is 0 Å². The Bertz CT molecular complexity index is 855. The van der Waals surface area contributed by atoms with Gasteiger partial charge in [-0.2, -0.15) is 0 Å². The molecule has 1 aliphatic carbocycles. The molecule has 4 rings (SSSR count). The predicted octanol–water partition coefficient (Wildman–Crippen LogP) is 3.39. The first-order valence-electron chi connectivity index (χ1n) is 7.57. The Kier molecular flexibility index (Phi) is 3.29. The summed E-state index contributed by atoms with van der Waals surface area (Å²) in [5, 5.41) is 8.27. The van der Waals surface area contributed by atoms with Crippen LogP contribution >= 0.6 is 0 Å². The van der Waals surface area contributed by atoms with Crippen LogP contribution in [0.15, 0.2) is 34.9 Å². The molecule has 116 valence electrons. The van der Waals surface area contributed by atoms with Crippen molar-refractivity contribution < 1.29 is 9.15 Å². The van der Waals surface area contributed by atoms with Gasteiger partial charge in [0.05, 0.1) is 23.9 Å². The fourth-order valence-corrected chi connectivity index (χ4v) is 2.50. The molecular weight excluding hydrogens is 292 g/mol. The summed E-state index contributed by atoms with van der Waals surface area (Å²) in [7, 11) is 1.62. The Morgan fingerprint density at radius 1 is 1.09 bits per heavy atom. The number of hydrogen-bond acceptors (Lipinski definition) is 6. The zero-order valence-corrected chi connectivity index (χ0v) is 13.0. The molecule has 6 nitrogen and oxygen atoms in total. The van der Waals surface area contributed by atoms with Crippen LogP contribution in [-0.4, -0.2) is 27.3 Å². The van der Waals surface area contributed by atoms with Crippen molar-refractivity contribution in [3.05, 3.63) is 42.0 Å². The van der Waals surface area contributed by atoms with Crippen LogP contribution < -0.4 is 4.74 Å². The number of aromatic nitrogens is 4. The van der Waals surface area contributed by atoms with Gasteiger partial charge in [-0.05, 0) is 31.9 Å². The number of hydrogen-bond donors (Lipinski definition) is 0. The van der Waals surface area contributed by atoms with Crippen LogP contribution in [0.4, 0.5) is 0 Å². The van der Waals surface area contributed by atoms with E-state index >= 15 is 0 Å². The van der Waals surface area contributed by atoms with Crippen molar-refractivity contribution in [3.63, 3.8) is 0 Å². The van der Waals surface area contributed by atoms with E-state index in [0.717, 1.165) is 22.6 Å². The Morgan fingerprint density at radius 3 is 2.52 bits per heavy atom. The zero-order chi connectivity index (χ0) is 15.8. The molecule has 0 N–H and O–H groups in total. The van der Waals surface area contributed by atoms with E-state index in [2.05, 4.69) is 20.2 Å². The highest BCUT2D eigenvalue weighted by molar-refractivity contribution is 5.64. The molecule has 0 spiro atoms. The molecule has 0 unspecified atom stereocenters. The van der Waals surface area contributed by atoms with Crippen molar-refractivity contribution in [1.29, 1.82) is 0 Å². The quantitative estimate of drug-likeness (QED) is 0.735. The van der Waals surface area contributed by atoms with E-state index in [0.29, 0.717) is 23.4 Å². The summed E-state index contributed by atoms with van der Waals surface area (Å²) in [6, 6.07) is 7.54. The summed E-state index contributed by atoms with van der Waals surface area (Å²) >= 11 is 0. The maximum atomic E-state index is 5.81. The van der Waals surface area contributed by atoms with Crippen molar-refractivity contribution in [1.82, 2.24) is 20.2 Å². The van der Waals surface area contributed by atoms with Gasteiger partial charge < -0.3 is 9.15 Å². The first-order chi connectivity index (χ1) is 11.3. The molecule has 0 atom stereocenters. The fraction of sp³-hybridized carbons (Fsp3) is 0.294. The number of nitrogens with zero attached hydrogens (tertiary/aromatic N) is 4. The number of benzene rings is 1. The second kappa shape index (κ2) is 5.46. The summed E-state index contributed by atoms with van der Waals surface area (Å²) in [6.45, 7) is 1.94. The summed E-state index contributed by atoms with van der Waals surface area (Å²) < 4.78 is 11.1. The predicted molar refractivity (Wildman–Crippen MR) is 84.0 cm³/mol. The molecule has 1 saturated carbocycles. The Balaban J connectivity index is 1.70. The second-order valence-electron chi connectivity index (χ2n) is 5.61. The number of methoxy groups -OCH3 is 1. The summed E-state index contributed by atoms with van der Waals surface area (Å²) in [5.41, 5.74) is 2.39. The molecule has 0 amide bonds. The smallest absolute Gasteiger partial charge is 0.251 e. The lowest BCUT2D eigenvalue weighted by Crippen LogP contribution is -1.97. The first-order valence-corrected chi connectivity index (χ1v) is 7.57. The normalized spacial score (nSPS) is 14.0. The van der Waals surface area contributed by atoms with Gasteiger partial charge in [-0.3, -0.25) is 0 Å². The highest BCUT2D eigenvalue weighted by atomic mass is 16.5. The number of rotatable bonds is 4. The van der Waals surface area contributed by atoms with Crippen LogP contribution in [-0.2, 0) is 0 Å². The summed E-state index contributed by atoms with van der Waals surface area (Å²) in [6.07, 6.45) is 4.13. The van der Waals surface area contributed by atoms with Gasteiger partial charge in [-0.25, -0.2) is 9.97 Å². The average molecular weight is 308 g/mol. The monoisotopic (exact) mass is 308 g/mol. The molecule has 0 saturated heterocycles. The van der Waals surface area contributed by atoms with E-state index in [4.69, 9.17) is 9.15 Å². The van der Waals surface area contributed by atoms with Crippen LogP contribution in [0.3, 0.4) is 0 Å². The lowest BCUT2D eigenvalue weighted by molar-refractivity contribution is 0.414. The van der Waals surface area contributed by atoms with E-state index in [-0.39, 0.29) is 0 Å². The van der Waals surface area contributed by atoms with Crippen molar-refractivity contribution in [3.8, 4) is 28.7 Å². The lowest BCUT2D eigenvalue weighted by Gasteiger charge is -2.04. The molecule has 1 fully saturated rings. The highest BCUT2D eigenvalue weighted by Gasteiger charge is 2.27. The Morgan fingerprint density at radius 2 is 1.83 bits per heavy atom. The van der Waals surface area contributed by atoms with Crippen molar-refractivity contribution in [2.75, 3.05) is 7.11 Å². The number of para-hydroxylation sites is 1. The van der Waals surface area contributed by atoms with E-state index in [1.807, 2.05) is 31.2 Å². The van der Waals surface area contributed by atoms with Crippen LogP contribution in [0.2, 0.25) is 0 Å². The highest BCUT2D eigenvalue weighted by Crippen LogP contribution is 2.38.